The summed E-state index contributed by atoms with van der Waals surface area (Å²) < 4.78 is 1.89. The summed E-state index contributed by atoms with van der Waals surface area (Å²) in [5.41, 5.74) is 4.24. The molecule has 1 aromatic carbocycles. The van der Waals surface area contributed by atoms with Crippen molar-refractivity contribution in [2.45, 2.75) is 56.5 Å². The molecule has 300 valence electrons. The molecule has 0 bridgehead atoms. The van der Waals surface area contributed by atoms with Crippen LogP contribution in [0.3, 0.4) is 0 Å². The van der Waals surface area contributed by atoms with E-state index in [1.54, 1.807) is 41.9 Å². The number of nitrogens with zero attached hydrogens (tertiary/aromatic N) is 9. The molecule has 59 heavy (non-hydrogen) atoms. The molecular formula is C41H40N12O5S. The molecule has 0 spiro atoms. The Balaban J connectivity index is 0.750. The van der Waals surface area contributed by atoms with Crippen LogP contribution >= 0.6 is 11.3 Å². The van der Waals surface area contributed by atoms with E-state index in [0.29, 0.717) is 49.8 Å². The van der Waals surface area contributed by atoms with Crippen LogP contribution in [0.1, 0.15) is 75.7 Å². The van der Waals surface area contributed by atoms with Gasteiger partial charge >= 0.3 is 0 Å². The molecule has 17 nitrogen and oxygen atoms in total. The number of anilines is 2. The lowest BCUT2D eigenvalue weighted by molar-refractivity contribution is -0.136. The topological polar surface area (TPSA) is 211 Å². The number of pyridine rings is 2. The molecule has 2 saturated heterocycles. The Morgan fingerprint density at radius 3 is 2.47 bits per heavy atom. The van der Waals surface area contributed by atoms with E-state index < -0.39 is 29.7 Å². The number of hydrogen-bond acceptors (Lipinski definition) is 14. The molecule has 1 atom stereocenters. The lowest BCUT2D eigenvalue weighted by atomic mass is 9.86. The molecule has 7 heterocycles. The van der Waals surface area contributed by atoms with Gasteiger partial charge in [-0.2, -0.15) is 5.26 Å². The predicted molar refractivity (Wildman–Crippen MR) is 217 cm³/mol. The van der Waals surface area contributed by atoms with Crippen molar-refractivity contribution in [1.29, 1.82) is 5.26 Å². The number of nitrogens with one attached hydrogen (secondary N) is 3. The van der Waals surface area contributed by atoms with Gasteiger partial charge in [0.1, 0.15) is 28.6 Å². The second-order valence-corrected chi connectivity index (χ2v) is 16.3. The zero-order valence-corrected chi connectivity index (χ0v) is 33.0. The van der Waals surface area contributed by atoms with E-state index in [9.17, 15) is 29.2 Å². The van der Waals surface area contributed by atoms with Crippen LogP contribution in [0.25, 0.3) is 27.4 Å². The average molecular weight is 813 g/mol. The third-order valence-electron chi connectivity index (χ3n) is 11.7. The van der Waals surface area contributed by atoms with Crippen molar-refractivity contribution in [3.8, 4) is 22.5 Å². The molecule has 5 amide bonds. The van der Waals surface area contributed by atoms with Crippen molar-refractivity contribution in [1.82, 2.24) is 45.2 Å². The average Bonchev–Trinajstić information content (AvgIpc) is 3.98. The highest BCUT2D eigenvalue weighted by atomic mass is 32.1. The van der Waals surface area contributed by atoms with Crippen molar-refractivity contribution < 1.29 is 24.0 Å². The largest absolute Gasteiger partial charge is 0.387 e. The SMILES string of the molecule is CNc1cc(-n2ccc3cc(C#N)cnc32)ncc1-c1nnc(C2CCC(NC(=O)CN3CCN(c4ccc5c(c4)C(=O)N(C4CCC(=O)NC4=O)C5=O)CC3)CC2)s1. The first kappa shape index (κ1) is 38.0. The Morgan fingerprint density at radius 1 is 0.915 bits per heavy atom. The van der Waals surface area contributed by atoms with Crippen LogP contribution in [0.2, 0.25) is 0 Å². The van der Waals surface area contributed by atoms with Gasteiger partial charge in [-0.1, -0.05) is 11.3 Å². The number of carbonyl (C=O) groups is 5. The minimum atomic E-state index is -1.00. The first-order chi connectivity index (χ1) is 28.7. The molecule has 3 fully saturated rings. The molecule has 4 aliphatic rings. The number of hydrogen-bond donors (Lipinski definition) is 3. The molecular weight excluding hydrogens is 773 g/mol. The number of rotatable bonds is 9. The number of imide groups is 2. The lowest BCUT2D eigenvalue weighted by Crippen LogP contribution is -2.54. The molecule has 1 aliphatic carbocycles. The van der Waals surface area contributed by atoms with E-state index >= 15 is 0 Å². The predicted octanol–water partition coefficient (Wildman–Crippen LogP) is 3.22. The third-order valence-corrected chi connectivity index (χ3v) is 12.8. The maximum Gasteiger partial charge on any atom is 0.262 e. The third kappa shape index (κ3) is 7.27. The van der Waals surface area contributed by atoms with Gasteiger partial charge < -0.3 is 15.5 Å². The second kappa shape index (κ2) is 15.6. The number of piperidine rings is 1. The van der Waals surface area contributed by atoms with Crippen LogP contribution in [0.15, 0.2) is 55.0 Å². The van der Waals surface area contributed by atoms with Gasteiger partial charge in [0.25, 0.3) is 11.8 Å². The summed E-state index contributed by atoms with van der Waals surface area (Å²) in [5, 5.41) is 29.7. The zero-order valence-electron chi connectivity index (χ0n) is 32.2. The summed E-state index contributed by atoms with van der Waals surface area (Å²) in [6.45, 7) is 2.89. The number of amides is 5. The van der Waals surface area contributed by atoms with Gasteiger partial charge in [-0.25, -0.2) is 9.97 Å². The van der Waals surface area contributed by atoms with Gasteiger partial charge in [-0.05, 0) is 62.4 Å². The Morgan fingerprint density at radius 2 is 1.71 bits per heavy atom. The molecule has 1 saturated carbocycles. The summed E-state index contributed by atoms with van der Waals surface area (Å²) in [4.78, 5) is 78.0. The maximum atomic E-state index is 13.3. The highest BCUT2D eigenvalue weighted by molar-refractivity contribution is 7.14. The first-order valence-corrected chi connectivity index (χ1v) is 20.5. The van der Waals surface area contributed by atoms with Crippen molar-refractivity contribution in [3.05, 3.63) is 76.7 Å². The smallest absolute Gasteiger partial charge is 0.262 e. The van der Waals surface area contributed by atoms with Crippen molar-refractivity contribution in [2.75, 3.05) is 50.0 Å². The molecule has 4 aromatic heterocycles. The van der Waals surface area contributed by atoms with E-state index in [2.05, 4.69) is 47.0 Å². The fourth-order valence-corrected chi connectivity index (χ4v) is 9.55. The molecule has 3 aliphatic heterocycles. The van der Waals surface area contributed by atoms with Crippen molar-refractivity contribution in [3.63, 3.8) is 0 Å². The van der Waals surface area contributed by atoms with E-state index in [-0.39, 0.29) is 41.8 Å². The number of aromatic nitrogens is 5. The van der Waals surface area contributed by atoms with Gasteiger partial charge in [0, 0.05) is 93.0 Å². The highest BCUT2D eigenvalue weighted by Gasteiger charge is 2.45. The normalized spacial score (nSPS) is 21.1. The van der Waals surface area contributed by atoms with E-state index in [0.717, 1.165) is 62.9 Å². The van der Waals surface area contributed by atoms with Crippen LogP contribution in [-0.4, -0.2) is 116 Å². The number of carbonyl (C=O) groups excluding carboxylic acids is 5. The first-order valence-electron chi connectivity index (χ1n) is 19.7. The summed E-state index contributed by atoms with van der Waals surface area (Å²) in [7, 11) is 1.86. The molecule has 0 radical (unpaired) electrons. The minimum Gasteiger partial charge on any atom is -0.387 e. The number of nitriles is 1. The monoisotopic (exact) mass is 812 g/mol. The molecule has 1 unspecified atom stereocenters. The minimum absolute atomic E-state index is 0.00133. The Kier molecular flexibility index (Phi) is 10.1. The van der Waals surface area contributed by atoms with Gasteiger partial charge in [0.2, 0.25) is 17.7 Å². The van der Waals surface area contributed by atoms with Gasteiger partial charge in [-0.15, -0.1) is 10.2 Å². The molecule has 5 aromatic rings. The molecule has 18 heteroatoms. The number of fused-ring (bicyclic) bond motifs is 2. The highest BCUT2D eigenvalue weighted by Crippen LogP contribution is 2.39. The Hall–Kier alpha value is -6.58. The zero-order chi connectivity index (χ0) is 40.8. The van der Waals surface area contributed by atoms with Crippen LogP contribution in [0.5, 0.6) is 0 Å². The van der Waals surface area contributed by atoms with Crippen LogP contribution in [0, 0.1) is 11.3 Å². The molecule has 9 rings (SSSR count). The number of benzene rings is 1. The number of piperazine rings is 1. The fraction of sp³-hybridized carbons (Fsp3) is 0.366. The summed E-state index contributed by atoms with van der Waals surface area (Å²) in [6.07, 6.45) is 8.93. The van der Waals surface area contributed by atoms with Gasteiger partial charge in [0.05, 0.1) is 28.8 Å². The van der Waals surface area contributed by atoms with Crippen LogP contribution in [0.4, 0.5) is 11.4 Å². The summed E-state index contributed by atoms with van der Waals surface area (Å²) >= 11 is 1.57. The fourth-order valence-electron chi connectivity index (χ4n) is 8.51. The summed E-state index contributed by atoms with van der Waals surface area (Å²) in [5.74, 6) is -1.14. The van der Waals surface area contributed by atoms with Gasteiger partial charge in [-0.3, -0.25) is 43.7 Å². The van der Waals surface area contributed by atoms with E-state index in [4.69, 9.17) is 4.98 Å². The molecule has 3 N–H and O–H groups in total. The van der Waals surface area contributed by atoms with Crippen molar-refractivity contribution >= 4 is 63.3 Å². The summed E-state index contributed by atoms with van der Waals surface area (Å²) in [6, 6.07) is 12.0. The quantitative estimate of drug-likeness (QED) is 0.183. The lowest BCUT2D eigenvalue weighted by Gasteiger charge is -2.36. The Labute approximate surface area is 342 Å². The Bertz CT molecular complexity index is 2560. The van der Waals surface area contributed by atoms with Crippen LogP contribution in [-0.2, 0) is 14.4 Å². The van der Waals surface area contributed by atoms with E-state index in [1.165, 1.54) is 0 Å². The standard InChI is InChI=1S/C41H40N12O5S/c1-43-31-18-33(52-11-10-25-16-23(19-42)20-45-36(25)52)44-21-30(31)39-49-48-38(59-39)24-2-4-26(5-3-24)46-35(55)22-50-12-14-51(15-13-50)27-6-7-28-29(17-27)41(58)53(40(28)57)32-8-9-34(54)47-37(32)56/h6-7,10-11,16-18,20-21,24,26,32H,2-5,8-9,12-15,22H2,1H3,(H,43,44)(H,46,55)(H,47,54,56). The maximum absolute atomic E-state index is 13.3. The van der Waals surface area contributed by atoms with Crippen molar-refractivity contribution in [2.24, 2.45) is 0 Å². The van der Waals surface area contributed by atoms with Gasteiger partial charge in [0.15, 0.2) is 5.01 Å². The van der Waals surface area contributed by atoms with E-state index in [1.807, 2.05) is 36.0 Å². The second-order valence-electron chi connectivity index (χ2n) is 15.3. The van der Waals surface area contributed by atoms with Crippen LogP contribution < -0.4 is 20.9 Å².